The number of nitrogens with zero attached hydrogens (tertiary/aromatic N) is 1. The standard InChI is InChI=1S/C24H23NO2S2/c1-29(26,27)25-19-11-12-20-28-24(21-13-5-2-6-14-21,22-15-7-3-8-16-22)23-17-9-4-10-18-23/h2-10,12-20H,11H2,1H3/b20-12-,25-19?. The van der Waals surface area contributed by atoms with Gasteiger partial charge in [-0.05, 0) is 22.1 Å². The highest BCUT2D eigenvalue weighted by molar-refractivity contribution is 8.03. The Morgan fingerprint density at radius 3 is 1.59 bits per heavy atom. The summed E-state index contributed by atoms with van der Waals surface area (Å²) in [6, 6.07) is 31.3. The predicted octanol–water partition coefficient (Wildman–Crippen LogP) is 5.65. The third kappa shape index (κ3) is 5.46. The SMILES string of the molecule is CS(=O)(=O)N=CC/C=C\SC(c1ccccc1)(c1ccccc1)c1ccccc1. The van der Waals surface area contributed by atoms with Crippen molar-refractivity contribution in [2.75, 3.05) is 6.26 Å². The molecule has 148 valence electrons. The number of allylic oxidation sites excluding steroid dienone is 1. The number of rotatable bonds is 8. The summed E-state index contributed by atoms with van der Waals surface area (Å²) in [5.41, 5.74) is 3.53. The second-order valence-corrected chi connectivity index (χ2v) is 9.32. The molecule has 3 aromatic carbocycles. The van der Waals surface area contributed by atoms with Gasteiger partial charge in [-0.25, -0.2) is 8.42 Å². The van der Waals surface area contributed by atoms with Crippen LogP contribution in [-0.2, 0) is 14.8 Å². The van der Waals surface area contributed by atoms with Crippen LogP contribution in [0.25, 0.3) is 0 Å². The first-order valence-electron chi connectivity index (χ1n) is 9.25. The van der Waals surface area contributed by atoms with Gasteiger partial charge in [-0.15, -0.1) is 11.8 Å². The average Bonchev–Trinajstić information content (AvgIpc) is 2.75. The fourth-order valence-electron chi connectivity index (χ4n) is 3.17. The molecule has 29 heavy (non-hydrogen) atoms. The Kier molecular flexibility index (Phi) is 7.07. The van der Waals surface area contributed by atoms with E-state index in [0.717, 1.165) is 6.26 Å². The van der Waals surface area contributed by atoms with Gasteiger partial charge in [0.25, 0.3) is 0 Å². The molecule has 0 bridgehead atoms. The number of hydrogen-bond donors (Lipinski definition) is 0. The molecular formula is C24H23NO2S2. The molecule has 3 nitrogen and oxygen atoms in total. The normalized spacial score (nSPS) is 12.6. The Balaban J connectivity index is 2.04. The maximum absolute atomic E-state index is 11.2. The van der Waals surface area contributed by atoms with E-state index in [1.54, 1.807) is 11.8 Å². The lowest BCUT2D eigenvalue weighted by Crippen LogP contribution is -2.24. The molecule has 0 radical (unpaired) electrons. The summed E-state index contributed by atoms with van der Waals surface area (Å²) in [5, 5.41) is 2.03. The second kappa shape index (κ2) is 9.72. The van der Waals surface area contributed by atoms with Gasteiger partial charge in [-0.3, -0.25) is 0 Å². The van der Waals surface area contributed by atoms with E-state index in [1.807, 2.05) is 29.7 Å². The fraction of sp³-hybridized carbons (Fsp3) is 0.125. The summed E-state index contributed by atoms with van der Waals surface area (Å²) in [4.78, 5) is 0. The Labute approximate surface area is 177 Å². The minimum Gasteiger partial charge on any atom is -0.205 e. The van der Waals surface area contributed by atoms with Crippen molar-refractivity contribution in [3.8, 4) is 0 Å². The molecule has 0 aliphatic rings. The quantitative estimate of drug-likeness (QED) is 0.349. The molecule has 0 spiro atoms. The van der Waals surface area contributed by atoms with Crippen molar-refractivity contribution in [1.29, 1.82) is 0 Å². The van der Waals surface area contributed by atoms with Crippen molar-refractivity contribution in [3.63, 3.8) is 0 Å². The third-order valence-electron chi connectivity index (χ3n) is 4.39. The number of sulfonamides is 1. The highest BCUT2D eigenvalue weighted by atomic mass is 32.2. The largest absolute Gasteiger partial charge is 0.249 e. The van der Waals surface area contributed by atoms with Crippen LogP contribution < -0.4 is 0 Å². The van der Waals surface area contributed by atoms with Gasteiger partial charge in [-0.1, -0.05) is 97.1 Å². The maximum Gasteiger partial charge on any atom is 0.249 e. The maximum atomic E-state index is 11.2. The van der Waals surface area contributed by atoms with Crippen LogP contribution >= 0.6 is 11.8 Å². The van der Waals surface area contributed by atoms with E-state index in [-0.39, 0.29) is 0 Å². The first-order valence-corrected chi connectivity index (χ1v) is 12.0. The van der Waals surface area contributed by atoms with Gasteiger partial charge in [0, 0.05) is 12.6 Å². The van der Waals surface area contributed by atoms with Crippen LogP contribution in [0.2, 0.25) is 0 Å². The van der Waals surface area contributed by atoms with Crippen LogP contribution in [0.5, 0.6) is 0 Å². The number of benzene rings is 3. The Hall–Kier alpha value is -2.63. The van der Waals surface area contributed by atoms with E-state index in [9.17, 15) is 8.42 Å². The summed E-state index contributed by atoms with van der Waals surface area (Å²) in [5.74, 6) is 0. The molecule has 0 saturated carbocycles. The molecule has 0 N–H and O–H groups in total. The van der Waals surface area contributed by atoms with Crippen LogP contribution in [0, 0.1) is 0 Å². The summed E-state index contributed by atoms with van der Waals surface area (Å²) in [6.45, 7) is 0. The first-order chi connectivity index (χ1) is 14.0. The van der Waals surface area contributed by atoms with Crippen LogP contribution in [0.15, 0.2) is 107 Å². The van der Waals surface area contributed by atoms with Crippen LogP contribution in [0.1, 0.15) is 23.1 Å². The van der Waals surface area contributed by atoms with Gasteiger partial charge < -0.3 is 0 Å². The zero-order valence-corrected chi connectivity index (χ0v) is 17.8. The van der Waals surface area contributed by atoms with Crippen LogP contribution in [-0.4, -0.2) is 20.9 Å². The molecule has 5 heteroatoms. The zero-order valence-electron chi connectivity index (χ0n) is 16.2. The van der Waals surface area contributed by atoms with Gasteiger partial charge in [0.15, 0.2) is 0 Å². The Bertz CT molecular complexity index is 965. The van der Waals surface area contributed by atoms with Crippen LogP contribution in [0.4, 0.5) is 0 Å². The number of hydrogen-bond acceptors (Lipinski definition) is 3. The fourth-order valence-corrected chi connectivity index (χ4v) is 4.75. The van der Waals surface area contributed by atoms with Gasteiger partial charge in [-0.2, -0.15) is 4.40 Å². The second-order valence-electron chi connectivity index (χ2n) is 6.53. The molecule has 0 atom stereocenters. The molecule has 0 saturated heterocycles. The van der Waals surface area contributed by atoms with Crippen LogP contribution in [0.3, 0.4) is 0 Å². The Morgan fingerprint density at radius 2 is 1.21 bits per heavy atom. The first kappa shape index (κ1) is 21.1. The van der Waals surface area contributed by atoms with Crippen molar-refractivity contribution in [2.45, 2.75) is 11.2 Å². The van der Waals surface area contributed by atoms with E-state index in [1.165, 1.54) is 22.9 Å². The van der Waals surface area contributed by atoms with Crippen molar-refractivity contribution in [1.82, 2.24) is 0 Å². The molecule has 0 aromatic heterocycles. The topological polar surface area (TPSA) is 46.5 Å². The van der Waals surface area contributed by atoms with Gasteiger partial charge >= 0.3 is 0 Å². The summed E-state index contributed by atoms with van der Waals surface area (Å²) in [6.07, 6.45) is 4.90. The van der Waals surface area contributed by atoms with Crippen molar-refractivity contribution < 1.29 is 8.42 Å². The minimum atomic E-state index is -3.34. The van der Waals surface area contributed by atoms with Gasteiger partial charge in [0.05, 0.1) is 11.0 Å². The van der Waals surface area contributed by atoms with E-state index in [2.05, 4.69) is 77.2 Å². The third-order valence-corrected chi connectivity index (χ3v) is 6.31. The number of thioether (sulfide) groups is 1. The summed E-state index contributed by atoms with van der Waals surface area (Å²) < 4.78 is 25.4. The molecule has 3 rings (SSSR count). The predicted molar refractivity (Wildman–Crippen MR) is 124 cm³/mol. The van der Waals surface area contributed by atoms with E-state index >= 15 is 0 Å². The molecule has 0 amide bonds. The van der Waals surface area contributed by atoms with E-state index in [4.69, 9.17) is 0 Å². The molecule has 3 aromatic rings. The van der Waals surface area contributed by atoms with Crippen molar-refractivity contribution in [2.24, 2.45) is 4.40 Å². The van der Waals surface area contributed by atoms with Crippen molar-refractivity contribution in [3.05, 3.63) is 119 Å². The lowest BCUT2D eigenvalue weighted by atomic mass is 9.84. The minimum absolute atomic E-state index is 0.422. The van der Waals surface area contributed by atoms with Gasteiger partial charge in [0.2, 0.25) is 10.0 Å². The van der Waals surface area contributed by atoms with Crippen molar-refractivity contribution >= 4 is 28.0 Å². The molecule has 0 aliphatic heterocycles. The monoisotopic (exact) mass is 421 g/mol. The molecule has 0 unspecified atom stereocenters. The molecule has 0 aliphatic carbocycles. The summed E-state index contributed by atoms with van der Waals surface area (Å²) in [7, 11) is -3.34. The zero-order chi connectivity index (χ0) is 20.6. The lowest BCUT2D eigenvalue weighted by Gasteiger charge is -2.34. The smallest absolute Gasteiger partial charge is 0.205 e. The Morgan fingerprint density at radius 1 is 0.793 bits per heavy atom. The molecule has 0 heterocycles. The summed E-state index contributed by atoms with van der Waals surface area (Å²) >= 11 is 1.69. The van der Waals surface area contributed by atoms with E-state index in [0.29, 0.717) is 6.42 Å². The lowest BCUT2D eigenvalue weighted by molar-refractivity contribution is 0.604. The van der Waals surface area contributed by atoms with Gasteiger partial charge in [0.1, 0.15) is 0 Å². The molecular weight excluding hydrogens is 398 g/mol. The van der Waals surface area contributed by atoms with E-state index < -0.39 is 14.8 Å². The highest BCUT2D eigenvalue weighted by Gasteiger charge is 2.36. The highest BCUT2D eigenvalue weighted by Crippen LogP contribution is 2.48. The molecule has 0 fully saturated rings. The average molecular weight is 422 g/mol.